The van der Waals surface area contributed by atoms with Crippen molar-refractivity contribution in [3.8, 4) is 0 Å². The van der Waals surface area contributed by atoms with Gasteiger partial charge in [-0.3, -0.25) is 0 Å². The van der Waals surface area contributed by atoms with Crippen molar-refractivity contribution in [2.75, 3.05) is 6.61 Å². The number of ether oxygens (including phenoxy) is 1. The minimum atomic E-state index is 0.282. The Balaban J connectivity index is 3.13. The first-order valence-corrected chi connectivity index (χ1v) is 8.09. The van der Waals surface area contributed by atoms with Gasteiger partial charge in [0.05, 0.1) is 6.10 Å². The maximum atomic E-state index is 5.56. The molecular formula is C17H34O. The average molecular weight is 254 g/mol. The van der Waals surface area contributed by atoms with Crippen LogP contribution in [-0.2, 0) is 4.74 Å². The largest absolute Gasteiger partial charge is 0.374 e. The van der Waals surface area contributed by atoms with Crippen molar-refractivity contribution in [3.63, 3.8) is 0 Å². The molecule has 1 heteroatoms. The maximum absolute atomic E-state index is 5.56. The van der Waals surface area contributed by atoms with Crippen molar-refractivity contribution in [1.82, 2.24) is 0 Å². The molecule has 18 heavy (non-hydrogen) atoms. The Labute approximate surface area is 115 Å². The summed E-state index contributed by atoms with van der Waals surface area (Å²) in [6.07, 6.45) is 17.3. The van der Waals surface area contributed by atoms with Gasteiger partial charge in [-0.05, 0) is 13.3 Å². The zero-order chi connectivity index (χ0) is 13.5. The molecule has 0 rings (SSSR count). The van der Waals surface area contributed by atoms with Crippen LogP contribution in [0.4, 0.5) is 0 Å². The fraction of sp³-hybridized carbons (Fsp3) is 0.882. The fourth-order valence-electron chi connectivity index (χ4n) is 2.32. The summed E-state index contributed by atoms with van der Waals surface area (Å²) < 4.78 is 5.56. The molecule has 0 aromatic heterocycles. The van der Waals surface area contributed by atoms with Gasteiger partial charge < -0.3 is 4.74 Å². The van der Waals surface area contributed by atoms with Gasteiger partial charge in [-0.15, -0.1) is 6.58 Å². The Hall–Kier alpha value is -0.300. The van der Waals surface area contributed by atoms with Gasteiger partial charge in [-0.25, -0.2) is 0 Å². The molecule has 0 N–H and O–H groups in total. The van der Waals surface area contributed by atoms with Crippen LogP contribution in [0, 0.1) is 0 Å². The number of rotatable bonds is 14. The Bertz CT molecular complexity index is 165. The van der Waals surface area contributed by atoms with Crippen molar-refractivity contribution in [3.05, 3.63) is 12.7 Å². The van der Waals surface area contributed by atoms with Crippen LogP contribution in [0.25, 0.3) is 0 Å². The first kappa shape index (κ1) is 17.7. The maximum Gasteiger partial charge on any atom is 0.0753 e. The lowest BCUT2D eigenvalue weighted by Gasteiger charge is -2.11. The van der Waals surface area contributed by atoms with Crippen LogP contribution in [0.3, 0.4) is 0 Å². The predicted molar refractivity (Wildman–Crippen MR) is 82.1 cm³/mol. The molecule has 0 saturated heterocycles. The Morgan fingerprint density at radius 1 is 0.833 bits per heavy atom. The topological polar surface area (TPSA) is 9.23 Å². The SMILES string of the molecule is C=CC(CCCCCCCCCCCC)OCC. The molecule has 1 atom stereocenters. The first-order valence-electron chi connectivity index (χ1n) is 8.09. The van der Waals surface area contributed by atoms with E-state index in [0.717, 1.165) is 13.0 Å². The second-order valence-corrected chi connectivity index (χ2v) is 5.20. The molecule has 0 aliphatic rings. The van der Waals surface area contributed by atoms with E-state index in [4.69, 9.17) is 4.74 Å². The van der Waals surface area contributed by atoms with Gasteiger partial charge in [0.2, 0.25) is 0 Å². The van der Waals surface area contributed by atoms with Crippen LogP contribution >= 0.6 is 0 Å². The molecule has 0 aromatic rings. The summed E-state index contributed by atoms with van der Waals surface area (Å²) in [5.41, 5.74) is 0. The van der Waals surface area contributed by atoms with Gasteiger partial charge in [0.15, 0.2) is 0 Å². The quantitative estimate of drug-likeness (QED) is 0.277. The highest BCUT2D eigenvalue weighted by atomic mass is 16.5. The van der Waals surface area contributed by atoms with Crippen molar-refractivity contribution >= 4 is 0 Å². The monoisotopic (exact) mass is 254 g/mol. The van der Waals surface area contributed by atoms with E-state index in [1.54, 1.807) is 0 Å². The zero-order valence-corrected chi connectivity index (χ0v) is 12.8. The standard InChI is InChI=1S/C17H34O/c1-4-7-8-9-10-11-12-13-14-15-16-17(5-2)18-6-3/h5,17H,2,4,6-16H2,1,3H3. The minimum Gasteiger partial charge on any atom is -0.374 e. The molecule has 0 fully saturated rings. The Kier molecular flexibility index (Phi) is 14.5. The molecule has 0 aliphatic heterocycles. The average Bonchev–Trinajstić information content (AvgIpc) is 2.39. The van der Waals surface area contributed by atoms with E-state index >= 15 is 0 Å². The highest BCUT2D eigenvalue weighted by Crippen LogP contribution is 2.13. The molecule has 0 amide bonds. The summed E-state index contributed by atoms with van der Waals surface area (Å²) in [6, 6.07) is 0. The molecule has 108 valence electrons. The molecule has 0 saturated carbocycles. The lowest BCUT2D eigenvalue weighted by molar-refractivity contribution is 0.0885. The van der Waals surface area contributed by atoms with E-state index in [-0.39, 0.29) is 6.10 Å². The van der Waals surface area contributed by atoms with Crippen LogP contribution in [-0.4, -0.2) is 12.7 Å². The van der Waals surface area contributed by atoms with Gasteiger partial charge in [0, 0.05) is 6.61 Å². The molecule has 0 aromatic carbocycles. The van der Waals surface area contributed by atoms with Gasteiger partial charge >= 0.3 is 0 Å². The smallest absolute Gasteiger partial charge is 0.0753 e. The molecular weight excluding hydrogens is 220 g/mol. The predicted octanol–water partition coefficient (Wildman–Crippen LogP) is 5.89. The van der Waals surface area contributed by atoms with Crippen molar-refractivity contribution in [1.29, 1.82) is 0 Å². The van der Waals surface area contributed by atoms with Crippen LogP contribution < -0.4 is 0 Å². The zero-order valence-electron chi connectivity index (χ0n) is 12.8. The van der Waals surface area contributed by atoms with E-state index in [1.807, 2.05) is 6.08 Å². The summed E-state index contributed by atoms with van der Waals surface area (Å²) >= 11 is 0. The van der Waals surface area contributed by atoms with Crippen molar-refractivity contribution < 1.29 is 4.74 Å². The Morgan fingerprint density at radius 3 is 1.78 bits per heavy atom. The number of unbranched alkanes of at least 4 members (excludes halogenated alkanes) is 9. The third-order valence-electron chi connectivity index (χ3n) is 3.49. The molecule has 0 bridgehead atoms. The first-order chi connectivity index (χ1) is 8.85. The van der Waals surface area contributed by atoms with Gasteiger partial charge in [0.25, 0.3) is 0 Å². The lowest BCUT2D eigenvalue weighted by Crippen LogP contribution is -2.08. The summed E-state index contributed by atoms with van der Waals surface area (Å²) in [7, 11) is 0. The van der Waals surface area contributed by atoms with E-state index in [2.05, 4.69) is 20.4 Å². The number of hydrogen-bond acceptors (Lipinski definition) is 1. The van der Waals surface area contributed by atoms with E-state index in [1.165, 1.54) is 64.2 Å². The van der Waals surface area contributed by atoms with Crippen LogP contribution in [0.2, 0.25) is 0 Å². The molecule has 0 heterocycles. The van der Waals surface area contributed by atoms with E-state index in [0.29, 0.717) is 0 Å². The molecule has 0 spiro atoms. The second kappa shape index (κ2) is 14.8. The van der Waals surface area contributed by atoms with Crippen LogP contribution in [0.5, 0.6) is 0 Å². The molecule has 1 nitrogen and oxygen atoms in total. The summed E-state index contributed by atoms with van der Waals surface area (Å²) in [5.74, 6) is 0. The Morgan fingerprint density at radius 2 is 1.33 bits per heavy atom. The van der Waals surface area contributed by atoms with Gasteiger partial charge in [-0.1, -0.05) is 77.2 Å². The highest BCUT2D eigenvalue weighted by molar-refractivity contribution is 4.79. The molecule has 0 radical (unpaired) electrons. The highest BCUT2D eigenvalue weighted by Gasteiger charge is 2.02. The second-order valence-electron chi connectivity index (χ2n) is 5.20. The van der Waals surface area contributed by atoms with Crippen molar-refractivity contribution in [2.24, 2.45) is 0 Å². The molecule has 1 unspecified atom stereocenters. The van der Waals surface area contributed by atoms with Crippen LogP contribution in [0.15, 0.2) is 12.7 Å². The fourth-order valence-corrected chi connectivity index (χ4v) is 2.32. The van der Waals surface area contributed by atoms with E-state index in [9.17, 15) is 0 Å². The third kappa shape index (κ3) is 12.2. The lowest BCUT2D eigenvalue weighted by atomic mass is 10.0. The normalized spacial score (nSPS) is 12.6. The number of hydrogen-bond donors (Lipinski definition) is 0. The third-order valence-corrected chi connectivity index (χ3v) is 3.49. The minimum absolute atomic E-state index is 0.282. The van der Waals surface area contributed by atoms with Gasteiger partial charge in [0.1, 0.15) is 0 Å². The van der Waals surface area contributed by atoms with Gasteiger partial charge in [-0.2, -0.15) is 0 Å². The van der Waals surface area contributed by atoms with E-state index < -0.39 is 0 Å². The summed E-state index contributed by atoms with van der Waals surface area (Å²) in [6.45, 7) is 8.95. The summed E-state index contributed by atoms with van der Waals surface area (Å²) in [5, 5.41) is 0. The van der Waals surface area contributed by atoms with Crippen molar-refractivity contribution in [2.45, 2.75) is 90.6 Å². The summed E-state index contributed by atoms with van der Waals surface area (Å²) in [4.78, 5) is 0. The van der Waals surface area contributed by atoms with Crippen LogP contribution in [0.1, 0.15) is 84.5 Å². The molecule has 0 aliphatic carbocycles.